The van der Waals surface area contributed by atoms with Gasteiger partial charge in [-0.15, -0.1) is 0 Å². The minimum atomic E-state index is 0.599. The average Bonchev–Trinajstić information content (AvgIpc) is 2.69. The van der Waals surface area contributed by atoms with E-state index >= 15 is 0 Å². The van der Waals surface area contributed by atoms with Crippen LogP contribution in [-0.4, -0.2) is 19.9 Å². The molecule has 0 N–H and O–H groups in total. The van der Waals surface area contributed by atoms with Gasteiger partial charge in [-0.3, -0.25) is 4.98 Å². The lowest BCUT2D eigenvalue weighted by Crippen LogP contribution is -2.00. The molecule has 0 saturated carbocycles. The summed E-state index contributed by atoms with van der Waals surface area (Å²) >= 11 is 3.45. The highest BCUT2D eigenvalue weighted by Gasteiger charge is 2.12. The molecule has 4 nitrogen and oxygen atoms in total. The zero-order chi connectivity index (χ0) is 17.1. The van der Waals surface area contributed by atoms with Crippen LogP contribution in [0.25, 0.3) is 34.2 Å². The van der Waals surface area contributed by atoms with Crippen molar-refractivity contribution in [2.45, 2.75) is 0 Å². The predicted molar refractivity (Wildman–Crippen MR) is 102 cm³/mol. The third-order valence-corrected chi connectivity index (χ3v) is 4.10. The summed E-state index contributed by atoms with van der Waals surface area (Å²) in [5.74, 6) is 1.88. The van der Waals surface area contributed by atoms with Crippen LogP contribution in [0.4, 0.5) is 0 Å². The lowest BCUT2D eigenvalue weighted by molar-refractivity contribution is 1.07. The highest BCUT2D eigenvalue weighted by atomic mass is 79.9. The monoisotopic (exact) mass is 388 g/mol. The second-order valence-corrected chi connectivity index (χ2v) is 6.35. The van der Waals surface area contributed by atoms with Crippen molar-refractivity contribution in [3.05, 3.63) is 83.6 Å². The maximum atomic E-state index is 4.67. The van der Waals surface area contributed by atoms with Gasteiger partial charge in [0, 0.05) is 33.6 Å². The van der Waals surface area contributed by atoms with Gasteiger partial charge in [-0.25, -0.2) is 15.0 Å². The molecule has 2 heterocycles. The van der Waals surface area contributed by atoms with E-state index in [4.69, 9.17) is 0 Å². The fourth-order valence-electron chi connectivity index (χ4n) is 2.47. The summed E-state index contributed by atoms with van der Waals surface area (Å²) in [6, 6.07) is 21.8. The molecule has 0 aliphatic heterocycles. The van der Waals surface area contributed by atoms with E-state index in [1.165, 1.54) is 0 Å². The lowest BCUT2D eigenvalue weighted by atomic mass is 10.2. The Morgan fingerprint density at radius 2 is 1.04 bits per heavy atom. The largest absolute Gasteiger partial charge is 0.263 e. The third-order valence-electron chi connectivity index (χ3n) is 3.66. The van der Waals surface area contributed by atoms with Gasteiger partial charge in [-0.05, 0) is 22.0 Å². The first-order valence-corrected chi connectivity index (χ1v) is 8.57. The van der Waals surface area contributed by atoms with E-state index in [9.17, 15) is 0 Å². The molecule has 0 radical (unpaired) electrons. The van der Waals surface area contributed by atoms with Crippen LogP contribution >= 0.6 is 15.9 Å². The minimum absolute atomic E-state index is 0.599. The van der Waals surface area contributed by atoms with Crippen molar-refractivity contribution >= 4 is 15.9 Å². The molecule has 0 bridgehead atoms. The van der Waals surface area contributed by atoms with Crippen LogP contribution in [0.5, 0.6) is 0 Å². The second-order valence-electron chi connectivity index (χ2n) is 5.43. The number of hydrogen-bond donors (Lipinski definition) is 0. The van der Waals surface area contributed by atoms with Crippen molar-refractivity contribution in [2.24, 2.45) is 0 Å². The third kappa shape index (κ3) is 3.46. The molecule has 25 heavy (non-hydrogen) atoms. The summed E-state index contributed by atoms with van der Waals surface area (Å²) in [5.41, 5.74) is 2.74. The summed E-state index contributed by atoms with van der Waals surface area (Å²) in [4.78, 5) is 18.2. The Hall–Kier alpha value is -2.92. The highest BCUT2D eigenvalue weighted by Crippen LogP contribution is 2.25. The van der Waals surface area contributed by atoms with Gasteiger partial charge in [0.15, 0.2) is 17.5 Å². The topological polar surface area (TPSA) is 51.6 Å². The van der Waals surface area contributed by atoms with E-state index < -0.39 is 0 Å². The number of hydrogen-bond acceptors (Lipinski definition) is 4. The molecule has 120 valence electrons. The van der Waals surface area contributed by atoms with Crippen LogP contribution in [-0.2, 0) is 0 Å². The molecule has 0 saturated heterocycles. The normalized spacial score (nSPS) is 10.6. The van der Waals surface area contributed by atoms with Gasteiger partial charge < -0.3 is 0 Å². The fraction of sp³-hybridized carbons (Fsp3) is 0. The van der Waals surface area contributed by atoms with E-state index in [-0.39, 0.29) is 0 Å². The Balaban J connectivity index is 1.92. The smallest absolute Gasteiger partial charge is 0.165 e. The fourth-order valence-corrected chi connectivity index (χ4v) is 2.84. The molecule has 2 aromatic carbocycles. The van der Waals surface area contributed by atoms with Crippen molar-refractivity contribution in [3.8, 4) is 34.2 Å². The van der Waals surface area contributed by atoms with Crippen molar-refractivity contribution in [1.29, 1.82) is 0 Å². The van der Waals surface area contributed by atoms with Gasteiger partial charge in [0.2, 0.25) is 0 Å². The van der Waals surface area contributed by atoms with E-state index in [2.05, 4.69) is 35.9 Å². The molecule has 5 heteroatoms. The van der Waals surface area contributed by atoms with E-state index in [0.717, 1.165) is 21.2 Å². The van der Waals surface area contributed by atoms with Gasteiger partial charge in [-0.1, -0.05) is 60.7 Å². The Kier molecular flexibility index (Phi) is 4.31. The molecule has 2 aromatic heterocycles. The summed E-state index contributed by atoms with van der Waals surface area (Å²) < 4.78 is 0.882. The van der Waals surface area contributed by atoms with Gasteiger partial charge in [0.1, 0.15) is 0 Å². The van der Waals surface area contributed by atoms with Gasteiger partial charge in [0.25, 0.3) is 0 Å². The molecule has 4 rings (SSSR count). The van der Waals surface area contributed by atoms with Gasteiger partial charge >= 0.3 is 0 Å². The van der Waals surface area contributed by atoms with Crippen LogP contribution in [0, 0.1) is 0 Å². The molecular weight excluding hydrogens is 376 g/mol. The number of aromatic nitrogens is 4. The van der Waals surface area contributed by atoms with E-state index in [0.29, 0.717) is 17.5 Å². The summed E-state index contributed by atoms with van der Waals surface area (Å²) in [5, 5.41) is 0. The molecule has 0 unspecified atom stereocenters. The molecule has 4 aromatic rings. The average molecular weight is 389 g/mol. The Bertz CT molecular complexity index is 947. The van der Waals surface area contributed by atoms with Crippen LogP contribution < -0.4 is 0 Å². The second kappa shape index (κ2) is 6.91. The van der Waals surface area contributed by atoms with Gasteiger partial charge in [0.05, 0.1) is 0 Å². The minimum Gasteiger partial charge on any atom is -0.263 e. The summed E-state index contributed by atoms with van der Waals surface area (Å²) in [6.45, 7) is 0. The standard InChI is InChI=1S/C20H13BrN4/c21-17-11-16(12-22-13-17)20-24-18(14-7-3-1-4-8-14)23-19(25-20)15-9-5-2-6-10-15/h1-13H. The first kappa shape index (κ1) is 15.6. The number of rotatable bonds is 3. The zero-order valence-electron chi connectivity index (χ0n) is 13.2. The van der Waals surface area contributed by atoms with Crippen LogP contribution in [0.3, 0.4) is 0 Å². The van der Waals surface area contributed by atoms with Crippen molar-refractivity contribution in [3.63, 3.8) is 0 Å². The van der Waals surface area contributed by atoms with Crippen molar-refractivity contribution in [1.82, 2.24) is 19.9 Å². The first-order valence-electron chi connectivity index (χ1n) is 7.77. The highest BCUT2D eigenvalue weighted by molar-refractivity contribution is 9.10. The molecule has 0 aliphatic rings. The van der Waals surface area contributed by atoms with Crippen LogP contribution in [0.2, 0.25) is 0 Å². The number of benzene rings is 2. The van der Waals surface area contributed by atoms with E-state index in [1.54, 1.807) is 12.4 Å². The Labute approximate surface area is 153 Å². The Morgan fingerprint density at radius 3 is 1.52 bits per heavy atom. The molecular formula is C20H13BrN4. The Morgan fingerprint density at radius 1 is 0.560 bits per heavy atom. The quantitative estimate of drug-likeness (QED) is 0.493. The molecule has 0 fully saturated rings. The summed E-state index contributed by atoms with van der Waals surface area (Å²) in [7, 11) is 0. The van der Waals surface area contributed by atoms with Gasteiger partial charge in [-0.2, -0.15) is 0 Å². The zero-order valence-corrected chi connectivity index (χ0v) is 14.8. The first-order chi connectivity index (χ1) is 12.3. The SMILES string of the molecule is Brc1cncc(-c2nc(-c3ccccc3)nc(-c3ccccc3)n2)c1. The molecule has 0 atom stereocenters. The number of pyridine rings is 1. The maximum Gasteiger partial charge on any atom is 0.165 e. The summed E-state index contributed by atoms with van der Waals surface area (Å²) in [6.07, 6.45) is 3.49. The molecule has 0 amide bonds. The van der Waals surface area contributed by atoms with Crippen LogP contribution in [0.15, 0.2) is 83.6 Å². The van der Waals surface area contributed by atoms with Crippen molar-refractivity contribution in [2.75, 3.05) is 0 Å². The maximum absolute atomic E-state index is 4.67. The molecule has 0 aliphatic carbocycles. The number of halogens is 1. The molecule has 0 spiro atoms. The van der Waals surface area contributed by atoms with Crippen molar-refractivity contribution < 1.29 is 0 Å². The van der Waals surface area contributed by atoms with E-state index in [1.807, 2.05) is 66.7 Å². The predicted octanol–water partition coefficient (Wildman–Crippen LogP) is 5.03. The van der Waals surface area contributed by atoms with Crippen LogP contribution in [0.1, 0.15) is 0 Å². The lowest BCUT2D eigenvalue weighted by Gasteiger charge is -2.08. The number of nitrogens with zero attached hydrogens (tertiary/aromatic N) is 4.